The molecule has 6 nitrogen and oxygen atoms in total. The van der Waals surface area contributed by atoms with Gasteiger partial charge in [-0.1, -0.05) is 12.1 Å². The van der Waals surface area contributed by atoms with Crippen molar-refractivity contribution in [3.05, 3.63) is 83.9 Å². The number of halogens is 3. The Kier molecular flexibility index (Phi) is 7.78. The van der Waals surface area contributed by atoms with Gasteiger partial charge >= 0.3 is 6.18 Å². The highest BCUT2D eigenvalue weighted by atomic mass is 19.4. The highest BCUT2D eigenvalue weighted by Crippen LogP contribution is 2.30. The van der Waals surface area contributed by atoms with Crippen molar-refractivity contribution in [2.45, 2.75) is 26.1 Å². The molecule has 0 aromatic heterocycles. The second-order valence-corrected chi connectivity index (χ2v) is 7.71. The average molecular weight is 471 g/mol. The number of rotatable bonds is 8. The van der Waals surface area contributed by atoms with Crippen LogP contribution in [0.15, 0.2) is 72.8 Å². The summed E-state index contributed by atoms with van der Waals surface area (Å²) in [5.74, 6) is -0.208. The topological polar surface area (TPSA) is 79.5 Å². The molecule has 0 unspecified atom stereocenters. The highest BCUT2D eigenvalue weighted by molar-refractivity contribution is 6.05. The lowest BCUT2D eigenvalue weighted by Crippen LogP contribution is -2.22. The van der Waals surface area contributed by atoms with Gasteiger partial charge in [-0.25, -0.2) is 0 Å². The van der Waals surface area contributed by atoms with Crippen molar-refractivity contribution in [2.24, 2.45) is 0 Å². The van der Waals surface area contributed by atoms with Crippen LogP contribution in [0, 0.1) is 0 Å². The van der Waals surface area contributed by atoms with Crippen LogP contribution in [0.1, 0.15) is 29.8 Å². The lowest BCUT2D eigenvalue weighted by Gasteiger charge is -2.12. The molecule has 0 aliphatic carbocycles. The third kappa shape index (κ3) is 7.26. The Morgan fingerprint density at radius 3 is 2.15 bits per heavy atom. The van der Waals surface area contributed by atoms with Gasteiger partial charge in [-0.2, -0.15) is 13.2 Å². The van der Waals surface area contributed by atoms with Crippen LogP contribution in [0.3, 0.4) is 0 Å². The third-order valence-electron chi connectivity index (χ3n) is 4.54. The normalized spacial score (nSPS) is 11.1. The largest absolute Gasteiger partial charge is 0.491 e. The number of carbonyl (C=O) groups is 2. The lowest BCUT2D eigenvalue weighted by molar-refractivity contribution is -0.137. The fourth-order valence-electron chi connectivity index (χ4n) is 3.03. The molecule has 0 spiro atoms. The first-order chi connectivity index (χ1) is 16.1. The van der Waals surface area contributed by atoms with Gasteiger partial charge in [-0.3, -0.25) is 9.59 Å². The first-order valence-electron chi connectivity index (χ1n) is 10.5. The van der Waals surface area contributed by atoms with Gasteiger partial charge in [-0.15, -0.1) is 0 Å². The van der Waals surface area contributed by atoms with Gasteiger partial charge in [0.25, 0.3) is 5.91 Å². The maximum absolute atomic E-state index is 12.9. The van der Waals surface area contributed by atoms with E-state index in [0.29, 0.717) is 5.69 Å². The van der Waals surface area contributed by atoms with Gasteiger partial charge in [0.15, 0.2) is 0 Å². The zero-order valence-corrected chi connectivity index (χ0v) is 18.6. The summed E-state index contributed by atoms with van der Waals surface area (Å²) in [7, 11) is 0. The Hall–Kier alpha value is -4.01. The molecule has 2 amide bonds. The molecule has 3 N–H and O–H groups in total. The van der Waals surface area contributed by atoms with Gasteiger partial charge in [-0.05, 0) is 74.5 Å². The van der Waals surface area contributed by atoms with E-state index in [1.165, 1.54) is 24.3 Å². The number of alkyl halides is 3. The van der Waals surface area contributed by atoms with Crippen LogP contribution < -0.4 is 20.7 Å². The van der Waals surface area contributed by atoms with Crippen LogP contribution in [0.4, 0.5) is 30.2 Å². The SMILES string of the molecule is CC(C)Oc1ccc(NCC(=O)Nc2cccc(C(=O)Nc3cccc(C(F)(F)F)c3)c2)cc1. The van der Waals surface area contributed by atoms with Crippen molar-refractivity contribution in [2.75, 3.05) is 22.5 Å². The standard InChI is InChI=1S/C25H24F3N3O3/c1-16(2)34-22-11-9-19(10-12-22)29-15-23(32)30-20-7-3-5-17(13-20)24(33)31-21-8-4-6-18(14-21)25(26,27)28/h3-14,16,29H,15H2,1-2H3,(H,30,32)(H,31,33). The van der Waals surface area contributed by atoms with Gasteiger partial charge in [0.05, 0.1) is 18.2 Å². The van der Waals surface area contributed by atoms with E-state index in [1.807, 2.05) is 13.8 Å². The van der Waals surface area contributed by atoms with Crippen LogP contribution in [0.25, 0.3) is 0 Å². The summed E-state index contributed by atoms with van der Waals surface area (Å²) in [4.78, 5) is 24.8. The molecule has 0 fully saturated rings. The van der Waals surface area contributed by atoms with E-state index in [2.05, 4.69) is 16.0 Å². The van der Waals surface area contributed by atoms with E-state index in [9.17, 15) is 22.8 Å². The molecule has 0 heterocycles. The smallest absolute Gasteiger partial charge is 0.416 e. The highest BCUT2D eigenvalue weighted by Gasteiger charge is 2.30. The number of ether oxygens (including phenoxy) is 1. The molecule has 0 saturated heterocycles. The van der Waals surface area contributed by atoms with E-state index in [-0.39, 0.29) is 29.8 Å². The fourth-order valence-corrected chi connectivity index (χ4v) is 3.03. The molecule has 0 radical (unpaired) electrons. The summed E-state index contributed by atoms with van der Waals surface area (Å²) in [5, 5.41) is 8.12. The molecule has 3 aromatic rings. The van der Waals surface area contributed by atoms with E-state index >= 15 is 0 Å². The number of benzene rings is 3. The molecule has 0 atom stereocenters. The number of anilines is 3. The Morgan fingerprint density at radius 1 is 0.853 bits per heavy atom. The van der Waals surface area contributed by atoms with Gasteiger partial charge < -0.3 is 20.7 Å². The van der Waals surface area contributed by atoms with Gasteiger partial charge in [0, 0.05) is 22.6 Å². The molecule has 0 bridgehead atoms. The molecule has 3 rings (SSSR count). The number of hydrogen-bond acceptors (Lipinski definition) is 4. The van der Waals surface area contributed by atoms with E-state index in [1.54, 1.807) is 36.4 Å². The number of carbonyl (C=O) groups excluding carboxylic acids is 2. The molecule has 0 saturated carbocycles. The van der Waals surface area contributed by atoms with Crippen LogP contribution in [-0.2, 0) is 11.0 Å². The average Bonchev–Trinajstić information content (AvgIpc) is 2.78. The summed E-state index contributed by atoms with van der Waals surface area (Å²) in [6.45, 7) is 3.85. The first-order valence-corrected chi connectivity index (χ1v) is 10.5. The molecular weight excluding hydrogens is 447 g/mol. The van der Waals surface area contributed by atoms with Crippen molar-refractivity contribution in [3.8, 4) is 5.75 Å². The maximum atomic E-state index is 12.9. The maximum Gasteiger partial charge on any atom is 0.416 e. The predicted octanol–water partition coefficient (Wildman–Crippen LogP) is 5.80. The minimum absolute atomic E-state index is 0.00889. The molecule has 0 aliphatic heterocycles. The third-order valence-corrected chi connectivity index (χ3v) is 4.54. The molecule has 3 aromatic carbocycles. The van der Waals surface area contributed by atoms with E-state index in [4.69, 9.17) is 4.74 Å². The van der Waals surface area contributed by atoms with Crippen molar-refractivity contribution < 1.29 is 27.5 Å². The van der Waals surface area contributed by atoms with Crippen LogP contribution in [-0.4, -0.2) is 24.5 Å². The minimum Gasteiger partial charge on any atom is -0.491 e. The van der Waals surface area contributed by atoms with E-state index in [0.717, 1.165) is 23.6 Å². The Bertz CT molecular complexity index is 1150. The summed E-state index contributed by atoms with van der Waals surface area (Å²) in [6, 6.07) is 17.7. The fraction of sp³-hybridized carbons (Fsp3) is 0.200. The number of nitrogens with one attached hydrogen (secondary N) is 3. The zero-order chi connectivity index (χ0) is 24.7. The molecule has 178 valence electrons. The molecule has 34 heavy (non-hydrogen) atoms. The molecule has 9 heteroatoms. The monoisotopic (exact) mass is 471 g/mol. The number of hydrogen-bond donors (Lipinski definition) is 3. The summed E-state index contributed by atoms with van der Waals surface area (Å²) in [5.41, 5.74) is 0.456. The quantitative estimate of drug-likeness (QED) is 0.388. The first kappa shape index (κ1) is 24.6. The van der Waals surface area contributed by atoms with Crippen molar-refractivity contribution in [3.63, 3.8) is 0 Å². The second kappa shape index (κ2) is 10.7. The Morgan fingerprint density at radius 2 is 1.50 bits per heavy atom. The predicted molar refractivity (Wildman–Crippen MR) is 125 cm³/mol. The van der Waals surface area contributed by atoms with Crippen molar-refractivity contribution in [1.82, 2.24) is 0 Å². The van der Waals surface area contributed by atoms with Gasteiger partial charge in [0.1, 0.15) is 5.75 Å². The van der Waals surface area contributed by atoms with Crippen molar-refractivity contribution in [1.29, 1.82) is 0 Å². The zero-order valence-electron chi connectivity index (χ0n) is 18.6. The summed E-state index contributed by atoms with van der Waals surface area (Å²) >= 11 is 0. The minimum atomic E-state index is -4.51. The summed E-state index contributed by atoms with van der Waals surface area (Å²) < 4.78 is 44.2. The lowest BCUT2D eigenvalue weighted by atomic mass is 10.1. The molecular formula is C25H24F3N3O3. The number of amides is 2. The van der Waals surface area contributed by atoms with Crippen LogP contribution in [0.2, 0.25) is 0 Å². The van der Waals surface area contributed by atoms with Gasteiger partial charge in [0.2, 0.25) is 5.91 Å². The van der Waals surface area contributed by atoms with Crippen LogP contribution >= 0.6 is 0 Å². The van der Waals surface area contributed by atoms with Crippen molar-refractivity contribution >= 4 is 28.9 Å². The molecule has 0 aliphatic rings. The Labute approximate surface area is 195 Å². The Balaban J connectivity index is 1.56. The van der Waals surface area contributed by atoms with E-state index < -0.39 is 17.6 Å². The summed E-state index contributed by atoms with van der Waals surface area (Å²) in [6.07, 6.45) is -4.45. The second-order valence-electron chi connectivity index (χ2n) is 7.71. The van der Waals surface area contributed by atoms with Crippen LogP contribution in [0.5, 0.6) is 5.75 Å².